The van der Waals surface area contributed by atoms with Crippen molar-refractivity contribution in [1.29, 1.82) is 0 Å². The number of halogens is 1. The van der Waals surface area contributed by atoms with Crippen molar-refractivity contribution in [1.82, 2.24) is 5.32 Å². The lowest BCUT2D eigenvalue weighted by atomic mass is 10.1. The Balaban J connectivity index is 2.71. The van der Waals surface area contributed by atoms with Gasteiger partial charge in [-0.2, -0.15) is 0 Å². The van der Waals surface area contributed by atoms with E-state index in [1.165, 1.54) is 0 Å². The van der Waals surface area contributed by atoms with Crippen molar-refractivity contribution in [2.45, 2.75) is 26.0 Å². The Labute approximate surface area is 118 Å². The second-order valence-electron chi connectivity index (χ2n) is 4.27. The molecule has 2 unspecified atom stereocenters. The van der Waals surface area contributed by atoms with Crippen molar-refractivity contribution in [3.63, 3.8) is 0 Å². The molecule has 0 bridgehead atoms. The van der Waals surface area contributed by atoms with Crippen LogP contribution < -0.4 is 15.8 Å². The zero-order valence-electron chi connectivity index (χ0n) is 11.2. The number of rotatable bonds is 6. The van der Waals surface area contributed by atoms with E-state index in [4.69, 9.17) is 22.1 Å². The maximum Gasteiger partial charge on any atom is 0.261 e. The summed E-state index contributed by atoms with van der Waals surface area (Å²) in [7, 11) is 0. The van der Waals surface area contributed by atoms with Gasteiger partial charge >= 0.3 is 0 Å². The zero-order valence-corrected chi connectivity index (χ0v) is 11.9. The third kappa shape index (κ3) is 4.58. The molecular formula is C14H19ClN2O2. The predicted octanol–water partition coefficient (Wildman–Crippen LogP) is 2.43. The van der Waals surface area contributed by atoms with Crippen LogP contribution in [0.2, 0.25) is 5.02 Å². The molecule has 0 saturated carbocycles. The Morgan fingerprint density at radius 3 is 2.79 bits per heavy atom. The van der Waals surface area contributed by atoms with Crippen molar-refractivity contribution in [2.24, 2.45) is 5.73 Å². The first kappa shape index (κ1) is 15.5. The molecule has 19 heavy (non-hydrogen) atoms. The van der Waals surface area contributed by atoms with E-state index in [1.807, 2.05) is 13.0 Å². The van der Waals surface area contributed by atoms with Gasteiger partial charge in [0.2, 0.25) is 0 Å². The number of carbonyl (C=O) groups is 1. The standard InChI is InChI=1S/C14H19ClN2O2/c1-4-7-17-14(18)10(3)19-13-6-5-11(9(2)16)8-12(13)15/h4-6,8-10H,1,7,16H2,2-3H3,(H,17,18). The molecule has 0 fully saturated rings. The van der Waals surface area contributed by atoms with E-state index in [9.17, 15) is 4.79 Å². The quantitative estimate of drug-likeness (QED) is 0.788. The molecule has 0 radical (unpaired) electrons. The summed E-state index contributed by atoms with van der Waals surface area (Å²) in [5.74, 6) is 0.250. The van der Waals surface area contributed by atoms with E-state index in [0.717, 1.165) is 5.56 Å². The number of nitrogens with one attached hydrogen (secondary N) is 1. The van der Waals surface area contributed by atoms with Crippen molar-refractivity contribution >= 4 is 17.5 Å². The van der Waals surface area contributed by atoms with Gasteiger partial charge in [0, 0.05) is 12.6 Å². The highest BCUT2D eigenvalue weighted by Crippen LogP contribution is 2.28. The molecule has 0 saturated heterocycles. The molecule has 0 aliphatic rings. The van der Waals surface area contributed by atoms with E-state index < -0.39 is 6.10 Å². The lowest BCUT2D eigenvalue weighted by Gasteiger charge is -2.16. The fourth-order valence-corrected chi connectivity index (χ4v) is 1.69. The molecule has 4 nitrogen and oxygen atoms in total. The van der Waals surface area contributed by atoms with Gasteiger partial charge in [0.05, 0.1) is 5.02 Å². The second-order valence-corrected chi connectivity index (χ2v) is 4.68. The van der Waals surface area contributed by atoms with Gasteiger partial charge in [-0.1, -0.05) is 23.7 Å². The number of ether oxygens (including phenoxy) is 1. The van der Waals surface area contributed by atoms with Crippen molar-refractivity contribution < 1.29 is 9.53 Å². The van der Waals surface area contributed by atoms with E-state index in [-0.39, 0.29) is 11.9 Å². The molecule has 0 aliphatic heterocycles. The summed E-state index contributed by atoms with van der Waals surface area (Å²) in [4.78, 5) is 11.6. The van der Waals surface area contributed by atoms with Gasteiger partial charge in [-0.3, -0.25) is 4.79 Å². The summed E-state index contributed by atoms with van der Waals surface area (Å²) in [6.45, 7) is 7.47. The van der Waals surface area contributed by atoms with Crippen LogP contribution in [0.25, 0.3) is 0 Å². The van der Waals surface area contributed by atoms with Crippen LogP contribution in [-0.4, -0.2) is 18.6 Å². The number of benzene rings is 1. The maximum absolute atomic E-state index is 11.6. The van der Waals surface area contributed by atoms with Gasteiger partial charge in [0.25, 0.3) is 5.91 Å². The molecule has 1 aromatic carbocycles. The Morgan fingerprint density at radius 2 is 2.26 bits per heavy atom. The van der Waals surface area contributed by atoms with Gasteiger partial charge in [-0.05, 0) is 31.5 Å². The van der Waals surface area contributed by atoms with E-state index in [2.05, 4.69) is 11.9 Å². The van der Waals surface area contributed by atoms with Crippen molar-refractivity contribution in [2.75, 3.05) is 6.54 Å². The molecule has 1 aromatic rings. The van der Waals surface area contributed by atoms with Gasteiger partial charge < -0.3 is 15.8 Å². The van der Waals surface area contributed by atoms with Crippen molar-refractivity contribution in [3.05, 3.63) is 41.4 Å². The van der Waals surface area contributed by atoms with Crippen LogP contribution in [0.15, 0.2) is 30.9 Å². The minimum Gasteiger partial charge on any atom is -0.479 e. The minimum absolute atomic E-state index is 0.0973. The molecule has 0 spiro atoms. The molecule has 5 heteroatoms. The van der Waals surface area contributed by atoms with E-state index in [0.29, 0.717) is 17.3 Å². The van der Waals surface area contributed by atoms with E-state index in [1.54, 1.807) is 25.1 Å². The molecule has 2 atom stereocenters. The lowest BCUT2D eigenvalue weighted by molar-refractivity contribution is -0.127. The third-order valence-corrected chi connectivity index (χ3v) is 2.87. The average molecular weight is 283 g/mol. The molecule has 3 N–H and O–H groups in total. The monoisotopic (exact) mass is 282 g/mol. The summed E-state index contributed by atoms with van der Waals surface area (Å²) in [6, 6.07) is 5.20. The molecule has 1 amide bonds. The molecule has 0 aromatic heterocycles. The number of hydrogen-bond acceptors (Lipinski definition) is 3. The van der Waals surface area contributed by atoms with Crippen LogP contribution in [-0.2, 0) is 4.79 Å². The summed E-state index contributed by atoms with van der Waals surface area (Å²) in [5.41, 5.74) is 6.68. The van der Waals surface area contributed by atoms with Crippen LogP contribution in [0.3, 0.4) is 0 Å². The Hall–Kier alpha value is -1.52. The Bertz CT molecular complexity index is 461. The number of amides is 1. The van der Waals surface area contributed by atoms with Gasteiger partial charge in [-0.15, -0.1) is 6.58 Å². The molecule has 0 heterocycles. The largest absolute Gasteiger partial charge is 0.479 e. The minimum atomic E-state index is -0.626. The fraction of sp³-hybridized carbons (Fsp3) is 0.357. The second kappa shape index (κ2) is 7.16. The molecule has 104 valence electrons. The first-order chi connectivity index (χ1) is 8.95. The smallest absolute Gasteiger partial charge is 0.261 e. The summed E-state index contributed by atoms with van der Waals surface area (Å²) >= 11 is 6.10. The SMILES string of the molecule is C=CCNC(=O)C(C)Oc1ccc(C(C)N)cc1Cl. The van der Waals surface area contributed by atoms with Gasteiger partial charge in [0.15, 0.2) is 6.10 Å². The maximum atomic E-state index is 11.6. The van der Waals surface area contributed by atoms with Crippen LogP contribution in [0.1, 0.15) is 25.5 Å². The highest BCUT2D eigenvalue weighted by molar-refractivity contribution is 6.32. The molecular weight excluding hydrogens is 264 g/mol. The first-order valence-electron chi connectivity index (χ1n) is 6.06. The van der Waals surface area contributed by atoms with Gasteiger partial charge in [-0.25, -0.2) is 0 Å². The topological polar surface area (TPSA) is 64.3 Å². The number of carbonyl (C=O) groups excluding carboxylic acids is 1. The third-order valence-electron chi connectivity index (χ3n) is 2.58. The zero-order chi connectivity index (χ0) is 14.4. The highest BCUT2D eigenvalue weighted by atomic mass is 35.5. The van der Waals surface area contributed by atoms with Crippen LogP contribution >= 0.6 is 11.6 Å². The fourth-order valence-electron chi connectivity index (χ4n) is 1.46. The Kier molecular flexibility index (Phi) is 5.86. The molecule has 0 aliphatic carbocycles. The lowest BCUT2D eigenvalue weighted by Crippen LogP contribution is -2.36. The highest BCUT2D eigenvalue weighted by Gasteiger charge is 2.15. The first-order valence-corrected chi connectivity index (χ1v) is 6.43. The van der Waals surface area contributed by atoms with Gasteiger partial charge in [0.1, 0.15) is 5.75 Å². The predicted molar refractivity (Wildman–Crippen MR) is 77.4 cm³/mol. The average Bonchev–Trinajstić information content (AvgIpc) is 2.37. The van der Waals surface area contributed by atoms with Crippen LogP contribution in [0, 0.1) is 0 Å². The summed E-state index contributed by atoms with van der Waals surface area (Å²) < 4.78 is 5.52. The summed E-state index contributed by atoms with van der Waals surface area (Å²) in [6.07, 6.45) is 0.980. The van der Waals surface area contributed by atoms with Crippen molar-refractivity contribution in [3.8, 4) is 5.75 Å². The number of hydrogen-bond donors (Lipinski definition) is 2. The number of nitrogens with two attached hydrogens (primary N) is 1. The van der Waals surface area contributed by atoms with Crippen LogP contribution in [0.4, 0.5) is 0 Å². The normalized spacial score (nSPS) is 13.5. The van der Waals surface area contributed by atoms with E-state index >= 15 is 0 Å². The molecule has 1 rings (SSSR count). The Morgan fingerprint density at radius 1 is 1.58 bits per heavy atom. The van der Waals surface area contributed by atoms with Crippen LogP contribution in [0.5, 0.6) is 5.75 Å². The summed E-state index contributed by atoms with van der Waals surface area (Å²) in [5, 5.41) is 3.10.